The highest BCUT2D eigenvalue weighted by atomic mass is 32.2. The first-order valence-corrected chi connectivity index (χ1v) is 11.0. The second kappa shape index (κ2) is 8.62. The number of aryl methyl sites for hydroxylation is 1. The van der Waals surface area contributed by atoms with Crippen molar-refractivity contribution in [3.05, 3.63) is 47.7 Å². The fourth-order valence-corrected chi connectivity index (χ4v) is 4.39. The molecule has 0 amide bonds. The van der Waals surface area contributed by atoms with Crippen LogP contribution in [0.2, 0.25) is 0 Å². The van der Waals surface area contributed by atoms with Gasteiger partial charge in [-0.15, -0.1) is 0 Å². The quantitative estimate of drug-likeness (QED) is 0.744. The number of rotatable bonds is 6. The van der Waals surface area contributed by atoms with E-state index in [-0.39, 0.29) is 4.90 Å². The highest BCUT2D eigenvalue weighted by Crippen LogP contribution is 2.26. The average Bonchev–Trinajstić information content (AvgIpc) is 2.69. The molecule has 1 aliphatic rings. The first-order chi connectivity index (χ1) is 13.7. The van der Waals surface area contributed by atoms with Crippen LogP contribution in [0.5, 0.6) is 0 Å². The zero-order valence-electron chi connectivity index (χ0n) is 16.7. The number of nitrogens with zero attached hydrogens (tertiary/aromatic N) is 2. The molecule has 0 bridgehead atoms. The van der Waals surface area contributed by atoms with Crippen molar-refractivity contribution >= 4 is 21.5 Å². The SMILES string of the molecule is Cc1nc(N2CCN[C@@H](C)C2)ccc1NS(=O)(=O)c1ccc([C@H](C)C(F)F)cc1. The molecule has 2 heterocycles. The summed E-state index contributed by atoms with van der Waals surface area (Å²) in [6.45, 7) is 7.81. The molecular formula is C20H26F2N4O2S. The third-order valence-electron chi connectivity index (χ3n) is 5.10. The van der Waals surface area contributed by atoms with Gasteiger partial charge in [-0.05, 0) is 43.7 Å². The van der Waals surface area contributed by atoms with E-state index in [9.17, 15) is 17.2 Å². The van der Waals surface area contributed by atoms with Crippen LogP contribution >= 0.6 is 0 Å². The van der Waals surface area contributed by atoms with E-state index < -0.39 is 22.4 Å². The van der Waals surface area contributed by atoms with Gasteiger partial charge in [0.15, 0.2) is 0 Å². The number of hydrogen-bond donors (Lipinski definition) is 2. The predicted octanol–water partition coefficient (Wildman–Crippen LogP) is 3.36. The van der Waals surface area contributed by atoms with Gasteiger partial charge < -0.3 is 10.2 Å². The van der Waals surface area contributed by atoms with Gasteiger partial charge in [0.25, 0.3) is 10.0 Å². The number of alkyl halides is 2. The van der Waals surface area contributed by atoms with Gasteiger partial charge in [-0.1, -0.05) is 19.1 Å². The fraction of sp³-hybridized carbons (Fsp3) is 0.450. The molecule has 9 heteroatoms. The molecular weight excluding hydrogens is 398 g/mol. The molecule has 0 aliphatic carbocycles. The van der Waals surface area contributed by atoms with Crippen molar-refractivity contribution in [3.8, 4) is 0 Å². The van der Waals surface area contributed by atoms with Crippen molar-refractivity contribution in [2.24, 2.45) is 0 Å². The molecule has 2 N–H and O–H groups in total. The molecule has 158 valence electrons. The van der Waals surface area contributed by atoms with Gasteiger partial charge in [-0.25, -0.2) is 22.2 Å². The van der Waals surface area contributed by atoms with Gasteiger partial charge >= 0.3 is 0 Å². The molecule has 0 radical (unpaired) electrons. The van der Waals surface area contributed by atoms with Crippen LogP contribution in [0.25, 0.3) is 0 Å². The molecule has 1 saturated heterocycles. The number of nitrogens with one attached hydrogen (secondary N) is 2. The summed E-state index contributed by atoms with van der Waals surface area (Å²) >= 11 is 0. The topological polar surface area (TPSA) is 74.3 Å². The number of anilines is 2. The van der Waals surface area contributed by atoms with E-state index in [4.69, 9.17) is 0 Å². The monoisotopic (exact) mass is 424 g/mol. The van der Waals surface area contributed by atoms with Crippen LogP contribution < -0.4 is 14.9 Å². The maximum Gasteiger partial charge on any atom is 0.261 e. The summed E-state index contributed by atoms with van der Waals surface area (Å²) in [4.78, 5) is 6.73. The Morgan fingerprint density at radius 1 is 1.21 bits per heavy atom. The number of halogens is 2. The summed E-state index contributed by atoms with van der Waals surface area (Å²) in [7, 11) is -3.85. The Morgan fingerprint density at radius 2 is 1.90 bits per heavy atom. The molecule has 0 saturated carbocycles. The normalized spacial score (nSPS) is 18.7. The van der Waals surface area contributed by atoms with E-state index in [0.717, 1.165) is 25.5 Å². The smallest absolute Gasteiger partial charge is 0.261 e. The van der Waals surface area contributed by atoms with E-state index in [0.29, 0.717) is 23.0 Å². The Hall–Kier alpha value is -2.26. The highest BCUT2D eigenvalue weighted by Gasteiger charge is 2.21. The van der Waals surface area contributed by atoms with Crippen molar-refractivity contribution in [1.29, 1.82) is 0 Å². The first kappa shape index (κ1) is 21.4. The number of sulfonamides is 1. The van der Waals surface area contributed by atoms with Gasteiger partial charge in [0, 0.05) is 31.6 Å². The molecule has 1 aromatic heterocycles. The van der Waals surface area contributed by atoms with Crippen LogP contribution in [0, 0.1) is 6.92 Å². The standard InChI is InChI=1S/C20H26F2N4O2S/c1-13-12-26(11-10-23-13)19-9-8-18(15(3)24-19)25-29(27,28)17-6-4-16(5-7-17)14(2)20(21)22/h4-9,13-14,20,23,25H,10-12H2,1-3H3/t13-,14-/m0/s1. The summed E-state index contributed by atoms with van der Waals surface area (Å²) in [5, 5.41) is 3.37. The Bertz CT molecular complexity index is 951. The van der Waals surface area contributed by atoms with E-state index in [2.05, 4.69) is 26.8 Å². The molecule has 3 rings (SSSR count). The number of hydrogen-bond acceptors (Lipinski definition) is 5. The Morgan fingerprint density at radius 3 is 2.48 bits per heavy atom. The van der Waals surface area contributed by atoms with Crippen LogP contribution in [0.3, 0.4) is 0 Å². The third kappa shape index (κ3) is 5.02. The number of aromatic nitrogens is 1. The number of piperazine rings is 1. The summed E-state index contributed by atoms with van der Waals surface area (Å²) in [5.74, 6) is -0.143. The summed E-state index contributed by atoms with van der Waals surface area (Å²) in [5.41, 5.74) is 1.36. The predicted molar refractivity (Wildman–Crippen MR) is 110 cm³/mol. The lowest BCUT2D eigenvalue weighted by Gasteiger charge is -2.33. The van der Waals surface area contributed by atoms with E-state index in [1.165, 1.54) is 31.2 Å². The number of pyridine rings is 1. The molecule has 2 aromatic rings. The minimum Gasteiger partial charge on any atom is -0.354 e. The Labute approximate surface area is 170 Å². The summed E-state index contributed by atoms with van der Waals surface area (Å²) in [6, 6.07) is 9.40. The van der Waals surface area contributed by atoms with Crippen LogP contribution in [-0.2, 0) is 10.0 Å². The van der Waals surface area contributed by atoms with Crippen molar-refractivity contribution in [2.45, 2.75) is 44.1 Å². The van der Waals surface area contributed by atoms with Crippen molar-refractivity contribution in [3.63, 3.8) is 0 Å². The third-order valence-corrected chi connectivity index (χ3v) is 6.48. The second-order valence-electron chi connectivity index (χ2n) is 7.40. The van der Waals surface area contributed by atoms with Crippen molar-refractivity contribution < 1.29 is 17.2 Å². The van der Waals surface area contributed by atoms with Gasteiger partial charge in [0.05, 0.1) is 16.3 Å². The Kier molecular flexibility index (Phi) is 6.38. The molecule has 1 fully saturated rings. The lowest BCUT2D eigenvalue weighted by atomic mass is 10.0. The van der Waals surface area contributed by atoms with Crippen LogP contribution in [0.15, 0.2) is 41.3 Å². The van der Waals surface area contributed by atoms with E-state index in [1.54, 1.807) is 19.1 Å². The van der Waals surface area contributed by atoms with Crippen molar-refractivity contribution in [2.75, 3.05) is 29.3 Å². The molecule has 2 atom stereocenters. The van der Waals surface area contributed by atoms with Gasteiger partial charge in [-0.3, -0.25) is 4.72 Å². The van der Waals surface area contributed by atoms with Crippen LogP contribution in [0.1, 0.15) is 31.0 Å². The lowest BCUT2D eigenvalue weighted by Crippen LogP contribution is -2.49. The maximum atomic E-state index is 12.8. The van der Waals surface area contributed by atoms with Gasteiger partial charge in [0.2, 0.25) is 6.43 Å². The van der Waals surface area contributed by atoms with Crippen LogP contribution in [0.4, 0.5) is 20.3 Å². The minimum atomic E-state index is -3.85. The largest absolute Gasteiger partial charge is 0.354 e. The molecule has 29 heavy (non-hydrogen) atoms. The second-order valence-corrected chi connectivity index (χ2v) is 9.08. The molecule has 1 aromatic carbocycles. The number of benzene rings is 1. The van der Waals surface area contributed by atoms with Gasteiger partial charge in [-0.2, -0.15) is 0 Å². The molecule has 6 nitrogen and oxygen atoms in total. The zero-order valence-corrected chi connectivity index (χ0v) is 17.5. The van der Waals surface area contributed by atoms with Crippen LogP contribution in [-0.4, -0.2) is 45.5 Å². The minimum absolute atomic E-state index is 0.0159. The maximum absolute atomic E-state index is 12.8. The molecule has 1 aliphatic heterocycles. The Balaban J connectivity index is 1.76. The molecule has 0 unspecified atom stereocenters. The van der Waals surface area contributed by atoms with Crippen molar-refractivity contribution in [1.82, 2.24) is 10.3 Å². The zero-order chi connectivity index (χ0) is 21.2. The van der Waals surface area contributed by atoms with E-state index >= 15 is 0 Å². The van der Waals surface area contributed by atoms with Gasteiger partial charge in [0.1, 0.15) is 5.82 Å². The fourth-order valence-electron chi connectivity index (χ4n) is 3.27. The molecule has 0 spiro atoms. The summed E-state index contributed by atoms with van der Waals surface area (Å²) < 4.78 is 53.6. The highest BCUT2D eigenvalue weighted by molar-refractivity contribution is 7.92. The lowest BCUT2D eigenvalue weighted by molar-refractivity contribution is 0.121. The first-order valence-electron chi connectivity index (χ1n) is 9.54. The summed E-state index contributed by atoms with van der Waals surface area (Å²) in [6.07, 6.45) is -2.50. The average molecular weight is 425 g/mol. The van der Waals surface area contributed by atoms with E-state index in [1.807, 2.05) is 0 Å².